The number of nitrogens with one attached hydrogen (secondary N) is 1. The summed E-state index contributed by atoms with van der Waals surface area (Å²) in [5.41, 5.74) is 9.66. The van der Waals surface area contributed by atoms with Gasteiger partial charge in [0.1, 0.15) is 16.8 Å². The molecule has 4 aromatic rings. The normalized spacial score (nSPS) is 11.2. The molecule has 4 rings (SSSR count). The van der Waals surface area contributed by atoms with Crippen molar-refractivity contribution in [3.05, 3.63) is 46.7 Å². The highest BCUT2D eigenvalue weighted by molar-refractivity contribution is 5.88. The van der Waals surface area contributed by atoms with Crippen molar-refractivity contribution in [2.24, 2.45) is 0 Å². The van der Waals surface area contributed by atoms with Crippen LogP contribution in [0.25, 0.3) is 11.0 Å². The van der Waals surface area contributed by atoms with Crippen molar-refractivity contribution in [1.29, 1.82) is 0 Å². The first-order valence-corrected chi connectivity index (χ1v) is 9.28. The van der Waals surface area contributed by atoms with E-state index < -0.39 is 0 Å². The van der Waals surface area contributed by atoms with Crippen LogP contribution in [0.1, 0.15) is 28.5 Å². The van der Waals surface area contributed by atoms with E-state index in [1.807, 2.05) is 19.1 Å². The number of hydrogen-bond donors (Lipinski definition) is 3. The number of benzene rings is 1. The number of ether oxygens (including phenoxy) is 1. The fourth-order valence-corrected chi connectivity index (χ4v) is 3.24. The predicted octanol–water partition coefficient (Wildman–Crippen LogP) is 1.57. The number of nitrogen functional groups attached to an aromatic ring is 1. The second kappa shape index (κ2) is 7.95. The first-order valence-electron chi connectivity index (χ1n) is 9.28. The van der Waals surface area contributed by atoms with E-state index >= 15 is 0 Å². The monoisotopic (exact) mass is 410 g/mol. The van der Waals surface area contributed by atoms with Gasteiger partial charge in [0.15, 0.2) is 11.6 Å². The zero-order valence-corrected chi connectivity index (χ0v) is 16.9. The molecule has 3 aromatic heterocycles. The summed E-state index contributed by atoms with van der Waals surface area (Å²) < 4.78 is 12.3. The smallest absolute Gasteiger partial charge is 0.223 e. The molecule has 0 aliphatic heterocycles. The number of anilines is 2. The summed E-state index contributed by atoms with van der Waals surface area (Å²) >= 11 is 0. The minimum absolute atomic E-state index is 0.0583. The number of aliphatic hydroxyl groups is 1. The van der Waals surface area contributed by atoms with Gasteiger partial charge in [-0.15, -0.1) is 0 Å². The van der Waals surface area contributed by atoms with Crippen LogP contribution in [0.2, 0.25) is 0 Å². The largest absolute Gasteiger partial charge is 0.496 e. The molecule has 1 aromatic carbocycles. The molecule has 30 heavy (non-hydrogen) atoms. The van der Waals surface area contributed by atoms with Crippen LogP contribution < -0.4 is 15.8 Å². The number of nitrogens with zero attached hydrogens (tertiary/aromatic N) is 6. The Hall–Kier alpha value is -3.73. The SMILES string of the molecule is COc1cc(CO)ccc1Cn1nc(C)c2nc(N)nc(NCc3noc(C)n3)c21. The second-order valence-electron chi connectivity index (χ2n) is 6.76. The molecule has 0 aliphatic rings. The number of methoxy groups -OCH3 is 1. The molecule has 0 unspecified atom stereocenters. The fourth-order valence-electron chi connectivity index (χ4n) is 3.24. The van der Waals surface area contributed by atoms with Gasteiger partial charge in [0.05, 0.1) is 32.5 Å². The number of hydrogen-bond acceptors (Lipinski definition) is 10. The third-order valence-electron chi connectivity index (χ3n) is 4.61. The van der Waals surface area contributed by atoms with Crippen molar-refractivity contribution in [1.82, 2.24) is 29.9 Å². The molecule has 0 saturated heterocycles. The molecular formula is C19H22N8O3. The number of nitrogens with two attached hydrogens (primary N) is 1. The van der Waals surface area contributed by atoms with Crippen LogP contribution >= 0.6 is 0 Å². The topological polar surface area (TPSA) is 150 Å². The molecule has 0 aliphatic carbocycles. The summed E-state index contributed by atoms with van der Waals surface area (Å²) in [6.45, 7) is 4.26. The van der Waals surface area contributed by atoms with Gasteiger partial charge in [-0.05, 0) is 18.6 Å². The second-order valence-corrected chi connectivity index (χ2v) is 6.76. The van der Waals surface area contributed by atoms with Crippen molar-refractivity contribution < 1.29 is 14.4 Å². The zero-order valence-electron chi connectivity index (χ0n) is 16.9. The predicted molar refractivity (Wildman–Crippen MR) is 109 cm³/mol. The third kappa shape index (κ3) is 3.74. The van der Waals surface area contributed by atoms with Crippen molar-refractivity contribution in [2.75, 3.05) is 18.2 Å². The Bertz CT molecular complexity index is 1200. The number of aromatic nitrogens is 6. The van der Waals surface area contributed by atoms with Crippen LogP contribution in [0.3, 0.4) is 0 Å². The van der Waals surface area contributed by atoms with E-state index in [4.69, 9.17) is 15.0 Å². The fraction of sp³-hybridized carbons (Fsp3) is 0.316. The Morgan fingerprint density at radius 3 is 2.77 bits per heavy atom. The summed E-state index contributed by atoms with van der Waals surface area (Å²) in [6.07, 6.45) is 0. The minimum atomic E-state index is -0.0583. The number of fused-ring (bicyclic) bond motifs is 1. The summed E-state index contributed by atoms with van der Waals surface area (Å²) in [7, 11) is 1.59. The van der Waals surface area contributed by atoms with Gasteiger partial charge in [0.2, 0.25) is 11.8 Å². The first-order chi connectivity index (χ1) is 14.5. The van der Waals surface area contributed by atoms with Crippen LogP contribution in [0, 0.1) is 13.8 Å². The minimum Gasteiger partial charge on any atom is -0.496 e. The maximum Gasteiger partial charge on any atom is 0.223 e. The molecule has 4 N–H and O–H groups in total. The molecule has 0 fully saturated rings. The molecule has 11 heteroatoms. The number of rotatable bonds is 7. The lowest BCUT2D eigenvalue weighted by Gasteiger charge is -2.12. The first kappa shape index (κ1) is 19.6. The average Bonchev–Trinajstić information content (AvgIpc) is 3.29. The molecule has 0 amide bonds. The van der Waals surface area contributed by atoms with Crippen LogP contribution in [0.15, 0.2) is 22.7 Å². The maximum atomic E-state index is 9.37. The van der Waals surface area contributed by atoms with Gasteiger partial charge < -0.3 is 25.4 Å². The van der Waals surface area contributed by atoms with E-state index in [1.54, 1.807) is 24.8 Å². The van der Waals surface area contributed by atoms with Crippen LogP contribution in [0.5, 0.6) is 5.75 Å². The van der Waals surface area contributed by atoms with Crippen molar-refractivity contribution in [2.45, 2.75) is 33.5 Å². The Morgan fingerprint density at radius 1 is 1.23 bits per heavy atom. The molecule has 0 radical (unpaired) electrons. The van der Waals surface area contributed by atoms with Crippen LogP contribution in [-0.2, 0) is 19.7 Å². The lowest BCUT2D eigenvalue weighted by atomic mass is 10.1. The molecule has 0 saturated carbocycles. The van der Waals surface area contributed by atoms with Gasteiger partial charge >= 0.3 is 0 Å². The van der Waals surface area contributed by atoms with E-state index in [9.17, 15) is 5.11 Å². The summed E-state index contributed by atoms with van der Waals surface area (Å²) in [5.74, 6) is 2.31. The zero-order chi connectivity index (χ0) is 21.3. The van der Waals surface area contributed by atoms with Crippen molar-refractivity contribution in [3.8, 4) is 5.75 Å². The molecule has 0 bridgehead atoms. The van der Waals surface area contributed by atoms with Gasteiger partial charge in [0, 0.05) is 12.5 Å². The molecule has 3 heterocycles. The summed E-state index contributed by atoms with van der Waals surface area (Å²) in [5, 5.41) is 21.1. The van der Waals surface area contributed by atoms with Gasteiger partial charge in [-0.1, -0.05) is 17.3 Å². The standard InChI is InChI=1S/C19H22N8O3/c1-10-16-17(18(24-19(20)23-16)21-7-15-22-11(2)30-26-15)27(25-10)8-13-5-4-12(9-28)6-14(13)29-3/h4-6,28H,7-9H2,1-3H3,(H3,20,21,23,24). The lowest BCUT2D eigenvalue weighted by Crippen LogP contribution is -2.10. The highest BCUT2D eigenvalue weighted by atomic mass is 16.5. The Kier molecular flexibility index (Phi) is 5.19. The van der Waals surface area contributed by atoms with E-state index in [1.165, 1.54) is 0 Å². The molecule has 0 spiro atoms. The van der Waals surface area contributed by atoms with E-state index in [-0.39, 0.29) is 12.6 Å². The Balaban J connectivity index is 1.73. The molecule has 156 valence electrons. The van der Waals surface area contributed by atoms with Crippen LogP contribution in [0.4, 0.5) is 11.8 Å². The number of aryl methyl sites for hydroxylation is 2. The Morgan fingerprint density at radius 2 is 2.07 bits per heavy atom. The average molecular weight is 410 g/mol. The molecule has 0 atom stereocenters. The van der Waals surface area contributed by atoms with Gasteiger partial charge in [-0.25, -0.2) is 4.98 Å². The van der Waals surface area contributed by atoms with Gasteiger partial charge in [-0.3, -0.25) is 4.68 Å². The summed E-state index contributed by atoms with van der Waals surface area (Å²) in [6, 6.07) is 5.56. The van der Waals surface area contributed by atoms with E-state index in [0.717, 1.165) is 16.8 Å². The van der Waals surface area contributed by atoms with E-state index in [0.29, 0.717) is 47.4 Å². The lowest BCUT2D eigenvalue weighted by molar-refractivity contribution is 0.281. The highest BCUT2D eigenvalue weighted by Crippen LogP contribution is 2.27. The molecular weight excluding hydrogens is 388 g/mol. The third-order valence-corrected chi connectivity index (χ3v) is 4.61. The molecule has 11 nitrogen and oxygen atoms in total. The number of aliphatic hydroxyl groups excluding tert-OH is 1. The Labute approximate surface area is 171 Å². The maximum absolute atomic E-state index is 9.37. The van der Waals surface area contributed by atoms with Crippen molar-refractivity contribution in [3.63, 3.8) is 0 Å². The van der Waals surface area contributed by atoms with Gasteiger partial charge in [-0.2, -0.15) is 15.1 Å². The summed E-state index contributed by atoms with van der Waals surface area (Å²) in [4.78, 5) is 12.9. The van der Waals surface area contributed by atoms with Gasteiger partial charge in [0.25, 0.3) is 0 Å². The van der Waals surface area contributed by atoms with Crippen molar-refractivity contribution >= 4 is 22.8 Å². The quantitative estimate of drug-likeness (QED) is 0.409. The van der Waals surface area contributed by atoms with E-state index in [2.05, 4.69) is 30.5 Å². The van der Waals surface area contributed by atoms with Crippen LogP contribution in [-0.4, -0.2) is 42.1 Å². The highest BCUT2D eigenvalue weighted by Gasteiger charge is 2.18.